The minimum Gasteiger partial charge on any atom is -0.497 e. The van der Waals surface area contributed by atoms with E-state index in [4.69, 9.17) is 9.47 Å². The van der Waals surface area contributed by atoms with Gasteiger partial charge in [0.1, 0.15) is 23.5 Å². The van der Waals surface area contributed by atoms with Gasteiger partial charge in [-0.3, -0.25) is 9.59 Å². The van der Waals surface area contributed by atoms with Crippen molar-refractivity contribution in [2.45, 2.75) is 27.7 Å². The Balaban J connectivity index is 1.85. The zero-order chi connectivity index (χ0) is 20.7. The molecule has 2 aromatic rings. The van der Waals surface area contributed by atoms with Gasteiger partial charge in [0.2, 0.25) is 11.8 Å². The third kappa shape index (κ3) is 5.25. The van der Waals surface area contributed by atoms with Crippen LogP contribution in [0.25, 0.3) is 0 Å². The van der Waals surface area contributed by atoms with Crippen LogP contribution in [-0.4, -0.2) is 32.1 Å². The summed E-state index contributed by atoms with van der Waals surface area (Å²) in [5, 5.41) is 5.62. The summed E-state index contributed by atoms with van der Waals surface area (Å²) >= 11 is 0. The summed E-state index contributed by atoms with van der Waals surface area (Å²) in [6.45, 7) is 7.72. The summed E-state index contributed by atoms with van der Waals surface area (Å²) < 4.78 is 10.7. The fourth-order valence-electron chi connectivity index (χ4n) is 2.49. The monoisotopic (exact) mass is 384 g/mol. The highest BCUT2D eigenvalue weighted by atomic mass is 16.5. The van der Waals surface area contributed by atoms with Crippen LogP contribution in [0.3, 0.4) is 0 Å². The van der Waals surface area contributed by atoms with Crippen molar-refractivity contribution in [2.75, 3.05) is 25.6 Å². The van der Waals surface area contributed by atoms with Crippen molar-refractivity contribution >= 4 is 17.5 Å². The minimum atomic E-state index is -1.21. The SMILES string of the molecule is COc1ccc(OCCNC(=O)C(C)(C)C(=O)Nc2cccc(C)c2C)cc1. The molecular weight excluding hydrogens is 356 g/mol. The number of methoxy groups -OCH3 is 1. The first kappa shape index (κ1) is 21.3. The normalized spacial score (nSPS) is 10.9. The van der Waals surface area contributed by atoms with Crippen molar-refractivity contribution in [1.29, 1.82) is 0 Å². The maximum Gasteiger partial charge on any atom is 0.239 e. The fraction of sp³-hybridized carbons (Fsp3) is 0.364. The molecule has 6 heteroatoms. The number of carbonyl (C=O) groups excluding carboxylic acids is 2. The van der Waals surface area contributed by atoms with E-state index < -0.39 is 5.41 Å². The highest BCUT2D eigenvalue weighted by Gasteiger charge is 2.36. The standard InChI is InChI=1S/C22H28N2O4/c1-15-7-6-8-19(16(15)2)24-21(26)22(3,4)20(25)23-13-14-28-18-11-9-17(27-5)10-12-18/h6-12H,13-14H2,1-5H3,(H,23,25)(H,24,26). The van der Waals surface area contributed by atoms with Gasteiger partial charge < -0.3 is 20.1 Å². The predicted octanol–water partition coefficient (Wildman–Crippen LogP) is 3.47. The molecule has 150 valence electrons. The number of hydrogen-bond donors (Lipinski definition) is 2. The van der Waals surface area contributed by atoms with Crippen LogP contribution in [-0.2, 0) is 9.59 Å². The van der Waals surface area contributed by atoms with Crippen LogP contribution in [0.15, 0.2) is 42.5 Å². The highest BCUT2D eigenvalue weighted by molar-refractivity contribution is 6.10. The van der Waals surface area contributed by atoms with Gasteiger partial charge in [0, 0.05) is 5.69 Å². The van der Waals surface area contributed by atoms with Crippen LogP contribution in [0, 0.1) is 19.3 Å². The summed E-state index contributed by atoms with van der Waals surface area (Å²) in [4.78, 5) is 25.1. The molecule has 2 rings (SSSR count). The number of hydrogen-bond acceptors (Lipinski definition) is 4. The molecule has 0 aliphatic heterocycles. The molecule has 0 aliphatic carbocycles. The van der Waals surface area contributed by atoms with Crippen LogP contribution in [0.2, 0.25) is 0 Å². The first-order valence-electron chi connectivity index (χ1n) is 9.18. The molecule has 0 spiro atoms. The quantitative estimate of drug-likeness (QED) is 0.540. The number of anilines is 1. The fourth-order valence-corrected chi connectivity index (χ4v) is 2.49. The molecule has 0 saturated heterocycles. The molecular formula is C22H28N2O4. The molecule has 0 unspecified atom stereocenters. The maximum atomic E-state index is 12.6. The third-order valence-electron chi connectivity index (χ3n) is 4.70. The lowest BCUT2D eigenvalue weighted by molar-refractivity contribution is -0.138. The molecule has 0 aromatic heterocycles. The number of nitrogens with one attached hydrogen (secondary N) is 2. The van der Waals surface area contributed by atoms with Crippen LogP contribution in [0.5, 0.6) is 11.5 Å². The van der Waals surface area contributed by atoms with Gasteiger partial charge in [-0.25, -0.2) is 0 Å². The zero-order valence-corrected chi connectivity index (χ0v) is 17.1. The van der Waals surface area contributed by atoms with Crippen molar-refractivity contribution in [3.05, 3.63) is 53.6 Å². The average molecular weight is 384 g/mol. The van der Waals surface area contributed by atoms with Gasteiger partial charge in [-0.1, -0.05) is 12.1 Å². The van der Waals surface area contributed by atoms with E-state index in [0.717, 1.165) is 16.9 Å². The molecule has 28 heavy (non-hydrogen) atoms. The average Bonchev–Trinajstić information content (AvgIpc) is 2.68. The van der Waals surface area contributed by atoms with Gasteiger partial charge in [-0.05, 0) is 69.2 Å². The molecule has 0 saturated carbocycles. The Hall–Kier alpha value is -3.02. The maximum absolute atomic E-state index is 12.6. The zero-order valence-electron chi connectivity index (χ0n) is 17.1. The van der Waals surface area contributed by atoms with Crippen LogP contribution in [0.1, 0.15) is 25.0 Å². The first-order chi connectivity index (χ1) is 13.3. The number of aryl methyl sites for hydroxylation is 1. The van der Waals surface area contributed by atoms with Crippen molar-refractivity contribution in [1.82, 2.24) is 5.32 Å². The number of rotatable bonds is 8. The molecule has 0 fully saturated rings. The van der Waals surface area contributed by atoms with Gasteiger partial charge >= 0.3 is 0 Å². The van der Waals surface area contributed by atoms with E-state index in [1.807, 2.05) is 32.0 Å². The van der Waals surface area contributed by atoms with Gasteiger partial charge in [0.15, 0.2) is 0 Å². The van der Waals surface area contributed by atoms with E-state index in [1.165, 1.54) is 0 Å². The molecule has 0 atom stereocenters. The minimum absolute atomic E-state index is 0.297. The summed E-state index contributed by atoms with van der Waals surface area (Å²) in [5.74, 6) is 0.725. The molecule has 0 bridgehead atoms. The summed E-state index contributed by atoms with van der Waals surface area (Å²) in [6, 6.07) is 12.9. The topological polar surface area (TPSA) is 76.7 Å². The second kappa shape index (κ2) is 9.26. The Morgan fingerprint density at radius 1 is 0.964 bits per heavy atom. The Kier molecular flexibility index (Phi) is 7.04. The van der Waals surface area contributed by atoms with Crippen molar-refractivity contribution in [2.24, 2.45) is 5.41 Å². The van der Waals surface area contributed by atoms with E-state index in [-0.39, 0.29) is 11.8 Å². The van der Waals surface area contributed by atoms with Gasteiger partial charge in [0.05, 0.1) is 13.7 Å². The van der Waals surface area contributed by atoms with Crippen molar-refractivity contribution in [3.63, 3.8) is 0 Å². The smallest absolute Gasteiger partial charge is 0.239 e. The number of carbonyl (C=O) groups is 2. The number of ether oxygens (including phenoxy) is 2. The van der Waals surface area contributed by atoms with Crippen molar-refractivity contribution < 1.29 is 19.1 Å². The van der Waals surface area contributed by atoms with Gasteiger partial charge in [-0.2, -0.15) is 0 Å². The number of benzene rings is 2. The van der Waals surface area contributed by atoms with Gasteiger partial charge in [-0.15, -0.1) is 0 Å². The third-order valence-corrected chi connectivity index (χ3v) is 4.70. The van der Waals surface area contributed by atoms with Crippen LogP contribution in [0.4, 0.5) is 5.69 Å². The molecule has 0 heterocycles. The van der Waals surface area contributed by atoms with E-state index in [0.29, 0.717) is 24.6 Å². The summed E-state index contributed by atoms with van der Waals surface area (Å²) in [5.41, 5.74) is 1.57. The number of amides is 2. The molecule has 2 amide bonds. The molecule has 0 aliphatic rings. The predicted molar refractivity (Wildman–Crippen MR) is 110 cm³/mol. The lowest BCUT2D eigenvalue weighted by atomic mass is 9.90. The molecule has 6 nitrogen and oxygen atoms in total. The molecule has 2 aromatic carbocycles. The molecule has 0 radical (unpaired) electrons. The second-order valence-electron chi connectivity index (χ2n) is 7.11. The Morgan fingerprint density at radius 2 is 1.61 bits per heavy atom. The van der Waals surface area contributed by atoms with Crippen LogP contribution >= 0.6 is 0 Å². The second-order valence-corrected chi connectivity index (χ2v) is 7.11. The highest BCUT2D eigenvalue weighted by Crippen LogP contribution is 2.23. The largest absolute Gasteiger partial charge is 0.497 e. The van der Waals surface area contributed by atoms with Crippen LogP contribution < -0.4 is 20.1 Å². The lowest BCUT2D eigenvalue weighted by Gasteiger charge is -2.23. The molecule has 2 N–H and O–H groups in total. The Bertz CT molecular complexity index is 829. The van der Waals surface area contributed by atoms with Crippen molar-refractivity contribution in [3.8, 4) is 11.5 Å². The van der Waals surface area contributed by atoms with E-state index >= 15 is 0 Å². The summed E-state index contributed by atoms with van der Waals surface area (Å²) in [7, 11) is 1.60. The van der Waals surface area contributed by atoms with E-state index in [2.05, 4.69) is 10.6 Å². The van der Waals surface area contributed by atoms with Gasteiger partial charge in [0.25, 0.3) is 0 Å². The summed E-state index contributed by atoms with van der Waals surface area (Å²) in [6.07, 6.45) is 0. The van der Waals surface area contributed by atoms with E-state index in [1.54, 1.807) is 45.2 Å². The Labute approximate surface area is 166 Å². The lowest BCUT2D eigenvalue weighted by Crippen LogP contribution is -2.46. The first-order valence-corrected chi connectivity index (χ1v) is 9.18. The van der Waals surface area contributed by atoms with E-state index in [9.17, 15) is 9.59 Å². The Morgan fingerprint density at radius 3 is 2.25 bits per heavy atom.